The van der Waals surface area contributed by atoms with E-state index in [-0.39, 0.29) is 12.6 Å². The van der Waals surface area contributed by atoms with Gasteiger partial charge in [-0.2, -0.15) is 0 Å². The van der Waals surface area contributed by atoms with Gasteiger partial charge in [0.1, 0.15) is 0 Å². The molecule has 0 saturated carbocycles. The second-order valence-corrected chi connectivity index (χ2v) is 4.39. The number of benzene rings is 1. The fourth-order valence-corrected chi connectivity index (χ4v) is 2.44. The van der Waals surface area contributed by atoms with Crippen LogP contribution in [0, 0.1) is 0 Å². The minimum absolute atomic E-state index is 0.181. The first kappa shape index (κ1) is 9.93. The number of nitrogens with zero attached hydrogens (tertiary/aromatic N) is 1. The molecule has 0 saturated heterocycles. The van der Waals surface area contributed by atoms with Crippen LogP contribution in [0.1, 0.15) is 11.1 Å². The molecule has 1 N–H and O–H groups in total. The zero-order valence-corrected chi connectivity index (χ0v) is 9.27. The zero-order chi connectivity index (χ0) is 11.1. The monoisotopic (exact) mass is 221 g/mol. The van der Waals surface area contributed by atoms with Crippen LogP contribution in [0.5, 0.6) is 11.5 Å². The van der Waals surface area contributed by atoms with Crippen molar-refractivity contribution in [3.05, 3.63) is 23.3 Å². The topological polar surface area (TPSA) is 41.9 Å². The van der Waals surface area contributed by atoms with E-state index < -0.39 is 0 Å². The summed E-state index contributed by atoms with van der Waals surface area (Å²) in [6, 6.07) is 4.24. The second kappa shape index (κ2) is 3.64. The number of ether oxygens (including phenoxy) is 2. The van der Waals surface area contributed by atoms with Gasteiger partial charge >= 0.3 is 0 Å². The van der Waals surface area contributed by atoms with E-state index in [1.165, 1.54) is 11.1 Å². The van der Waals surface area contributed by atoms with Gasteiger partial charge < -0.3 is 14.6 Å². The highest BCUT2D eigenvalue weighted by molar-refractivity contribution is 5.53. The molecule has 1 aromatic rings. The Balaban J connectivity index is 2.03. The van der Waals surface area contributed by atoms with Crippen molar-refractivity contribution in [3.8, 4) is 11.5 Å². The molecule has 4 heteroatoms. The predicted molar refractivity (Wildman–Crippen MR) is 58.6 cm³/mol. The highest BCUT2D eigenvalue weighted by atomic mass is 16.7. The third kappa shape index (κ3) is 1.37. The van der Waals surface area contributed by atoms with Crippen LogP contribution in [0.25, 0.3) is 0 Å². The zero-order valence-electron chi connectivity index (χ0n) is 9.27. The van der Waals surface area contributed by atoms with E-state index >= 15 is 0 Å². The Morgan fingerprint density at radius 3 is 3.12 bits per heavy atom. The lowest BCUT2D eigenvalue weighted by Crippen LogP contribution is -2.39. The number of fused-ring (bicyclic) bond motifs is 3. The van der Waals surface area contributed by atoms with Gasteiger partial charge in [0, 0.05) is 18.2 Å². The molecule has 3 rings (SSSR count). The summed E-state index contributed by atoms with van der Waals surface area (Å²) in [5, 5.41) is 9.32. The first-order valence-corrected chi connectivity index (χ1v) is 5.51. The number of likely N-dealkylation sites (N-methyl/N-ethyl adjacent to an activating group) is 1. The smallest absolute Gasteiger partial charge is 0.231 e. The molecule has 2 aliphatic heterocycles. The Morgan fingerprint density at radius 2 is 2.31 bits per heavy atom. The fourth-order valence-electron chi connectivity index (χ4n) is 2.44. The van der Waals surface area contributed by atoms with Crippen molar-refractivity contribution in [3.63, 3.8) is 0 Å². The van der Waals surface area contributed by atoms with Crippen LogP contribution < -0.4 is 9.47 Å². The Morgan fingerprint density at radius 1 is 1.44 bits per heavy atom. The lowest BCUT2D eigenvalue weighted by molar-refractivity contribution is 0.129. The molecule has 0 aliphatic carbocycles. The molecule has 0 radical (unpaired) electrons. The molecular formula is C12H15NO3. The summed E-state index contributed by atoms with van der Waals surface area (Å²) in [6.45, 7) is 1.35. The van der Waals surface area contributed by atoms with E-state index in [1.807, 2.05) is 13.1 Å². The number of aliphatic hydroxyl groups excluding tert-OH is 1. The van der Waals surface area contributed by atoms with Gasteiger partial charge in [-0.3, -0.25) is 4.90 Å². The summed E-state index contributed by atoms with van der Waals surface area (Å²) in [5.41, 5.74) is 2.48. The Labute approximate surface area is 94.4 Å². The van der Waals surface area contributed by atoms with E-state index in [0.717, 1.165) is 24.5 Å². The maximum atomic E-state index is 9.32. The molecule has 16 heavy (non-hydrogen) atoms. The van der Waals surface area contributed by atoms with Crippen LogP contribution in [0.3, 0.4) is 0 Å². The van der Waals surface area contributed by atoms with E-state index in [1.54, 1.807) is 0 Å². The van der Waals surface area contributed by atoms with Crippen molar-refractivity contribution in [1.29, 1.82) is 0 Å². The minimum Gasteiger partial charge on any atom is -0.454 e. The Hall–Kier alpha value is -1.26. The van der Waals surface area contributed by atoms with E-state index in [0.29, 0.717) is 6.79 Å². The first-order valence-electron chi connectivity index (χ1n) is 5.51. The average molecular weight is 221 g/mol. The number of hydrogen-bond acceptors (Lipinski definition) is 4. The third-order valence-electron chi connectivity index (χ3n) is 3.43. The number of rotatable bonds is 1. The lowest BCUT2D eigenvalue weighted by atomic mass is 9.93. The molecule has 1 aromatic carbocycles. The van der Waals surface area contributed by atoms with Gasteiger partial charge in [-0.1, -0.05) is 6.07 Å². The van der Waals surface area contributed by atoms with Gasteiger partial charge in [0.25, 0.3) is 0 Å². The summed E-state index contributed by atoms with van der Waals surface area (Å²) < 4.78 is 10.9. The first-order chi connectivity index (χ1) is 7.79. The molecular weight excluding hydrogens is 206 g/mol. The van der Waals surface area contributed by atoms with Gasteiger partial charge in [-0.25, -0.2) is 0 Å². The van der Waals surface area contributed by atoms with Gasteiger partial charge in [-0.15, -0.1) is 0 Å². The molecule has 0 amide bonds. The maximum absolute atomic E-state index is 9.32. The van der Waals surface area contributed by atoms with Crippen LogP contribution in [0.4, 0.5) is 0 Å². The summed E-state index contributed by atoms with van der Waals surface area (Å²) in [6.07, 6.45) is 0.828. The third-order valence-corrected chi connectivity index (χ3v) is 3.43. The fraction of sp³-hybridized carbons (Fsp3) is 0.500. The molecule has 0 aromatic heterocycles. The maximum Gasteiger partial charge on any atom is 0.231 e. The van der Waals surface area contributed by atoms with Gasteiger partial charge in [0.2, 0.25) is 6.79 Å². The minimum atomic E-state index is 0.181. The SMILES string of the molecule is CN1Cc2ccc3c(c2CC1CO)OCO3. The quantitative estimate of drug-likeness (QED) is 0.760. The van der Waals surface area contributed by atoms with Crippen molar-refractivity contribution in [2.24, 2.45) is 0 Å². The largest absolute Gasteiger partial charge is 0.454 e. The summed E-state index contributed by atoms with van der Waals surface area (Å²) in [7, 11) is 2.04. The molecule has 2 heterocycles. The summed E-state index contributed by atoms with van der Waals surface area (Å²) in [4.78, 5) is 2.17. The van der Waals surface area contributed by atoms with E-state index in [9.17, 15) is 5.11 Å². The van der Waals surface area contributed by atoms with Crippen molar-refractivity contribution < 1.29 is 14.6 Å². The van der Waals surface area contributed by atoms with E-state index in [2.05, 4.69) is 11.0 Å². The molecule has 0 spiro atoms. The van der Waals surface area contributed by atoms with Crippen LogP contribution in [-0.4, -0.2) is 36.5 Å². The lowest BCUT2D eigenvalue weighted by Gasteiger charge is -2.33. The molecule has 0 bridgehead atoms. The number of hydrogen-bond donors (Lipinski definition) is 1. The van der Waals surface area contributed by atoms with E-state index in [4.69, 9.17) is 9.47 Å². The van der Waals surface area contributed by atoms with Gasteiger partial charge in [0.05, 0.1) is 6.61 Å². The van der Waals surface area contributed by atoms with Crippen LogP contribution in [0.2, 0.25) is 0 Å². The average Bonchev–Trinajstić information content (AvgIpc) is 2.76. The Kier molecular flexibility index (Phi) is 2.26. The second-order valence-electron chi connectivity index (χ2n) is 4.39. The molecule has 0 fully saturated rings. The molecule has 86 valence electrons. The molecule has 1 atom stereocenters. The van der Waals surface area contributed by atoms with Crippen LogP contribution in [0.15, 0.2) is 12.1 Å². The van der Waals surface area contributed by atoms with Crippen LogP contribution >= 0.6 is 0 Å². The number of aliphatic hydroxyl groups is 1. The summed E-state index contributed by atoms with van der Waals surface area (Å²) in [5.74, 6) is 1.71. The normalized spacial score (nSPS) is 23.2. The van der Waals surface area contributed by atoms with Crippen molar-refractivity contribution in [1.82, 2.24) is 4.90 Å². The highest BCUT2D eigenvalue weighted by Gasteiger charge is 2.28. The van der Waals surface area contributed by atoms with Gasteiger partial charge in [-0.05, 0) is 25.1 Å². The highest BCUT2D eigenvalue weighted by Crippen LogP contribution is 2.40. The summed E-state index contributed by atoms with van der Waals surface area (Å²) >= 11 is 0. The van der Waals surface area contributed by atoms with Gasteiger partial charge in [0.15, 0.2) is 11.5 Å². The Bertz CT molecular complexity index is 419. The van der Waals surface area contributed by atoms with Crippen molar-refractivity contribution in [2.45, 2.75) is 19.0 Å². The van der Waals surface area contributed by atoms with Crippen molar-refractivity contribution in [2.75, 3.05) is 20.4 Å². The van der Waals surface area contributed by atoms with Crippen LogP contribution in [-0.2, 0) is 13.0 Å². The molecule has 2 aliphatic rings. The molecule has 4 nitrogen and oxygen atoms in total. The van der Waals surface area contributed by atoms with Crippen molar-refractivity contribution >= 4 is 0 Å². The standard InChI is InChI=1S/C12H15NO3/c1-13-5-8-2-3-11-12(16-7-15-11)10(8)4-9(13)6-14/h2-3,9,14H,4-7H2,1H3. The molecule has 1 unspecified atom stereocenters. The predicted octanol–water partition coefficient (Wildman–Crippen LogP) is 0.764.